The van der Waals surface area contributed by atoms with Crippen LogP contribution in [0, 0.1) is 18.3 Å². The minimum absolute atomic E-state index is 0.360. The third-order valence-electron chi connectivity index (χ3n) is 2.14. The van der Waals surface area contributed by atoms with E-state index in [0.29, 0.717) is 0 Å². The summed E-state index contributed by atoms with van der Waals surface area (Å²) >= 11 is 0. The number of terminal acetylenes is 1. The Kier molecular flexibility index (Phi) is 7.10. The largest absolute Gasteiger partial charge is 0.369 e. The number of primary amides is 1. The molecule has 0 saturated heterocycles. The summed E-state index contributed by atoms with van der Waals surface area (Å²) < 4.78 is 0. The van der Waals surface area contributed by atoms with Gasteiger partial charge in [-0.05, 0) is 6.42 Å². The summed E-state index contributed by atoms with van der Waals surface area (Å²) in [6, 6.07) is 0. The summed E-state index contributed by atoms with van der Waals surface area (Å²) in [7, 11) is 0. The van der Waals surface area contributed by atoms with Crippen LogP contribution < -0.4 is 5.73 Å². The zero-order chi connectivity index (χ0) is 10.1. The molecule has 0 aromatic heterocycles. The highest BCUT2D eigenvalue weighted by Crippen LogP contribution is 2.10. The number of hydrogen-bond acceptors (Lipinski definition) is 1. The molecular weight excluding hydrogens is 162 g/mol. The average molecular weight is 181 g/mol. The van der Waals surface area contributed by atoms with Crippen molar-refractivity contribution in [2.75, 3.05) is 0 Å². The van der Waals surface area contributed by atoms with Gasteiger partial charge in [0.15, 0.2) is 0 Å². The van der Waals surface area contributed by atoms with E-state index in [4.69, 9.17) is 12.2 Å². The van der Waals surface area contributed by atoms with E-state index in [-0.39, 0.29) is 11.8 Å². The quantitative estimate of drug-likeness (QED) is 0.474. The first kappa shape index (κ1) is 12.0. The second kappa shape index (κ2) is 7.67. The Bertz CT molecular complexity index is 181. The van der Waals surface area contributed by atoms with Crippen LogP contribution in [0.25, 0.3) is 0 Å². The maximum Gasteiger partial charge on any atom is 0.232 e. The Morgan fingerprint density at radius 2 is 2.00 bits per heavy atom. The van der Waals surface area contributed by atoms with Crippen molar-refractivity contribution in [3.8, 4) is 12.3 Å². The molecule has 0 aromatic rings. The van der Waals surface area contributed by atoms with Gasteiger partial charge in [0.05, 0.1) is 5.92 Å². The fraction of sp³-hybridized carbons (Fsp3) is 0.727. The lowest BCUT2D eigenvalue weighted by Gasteiger charge is -2.05. The molecule has 2 heteroatoms. The number of carbonyl (C=O) groups excluding carboxylic acids is 1. The molecular formula is C11H19NO. The molecule has 13 heavy (non-hydrogen) atoms. The maximum absolute atomic E-state index is 10.7. The van der Waals surface area contributed by atoms with Gasteiger partial charge in [-0.2, -0.15) is 0 Å². The van der Waals surface area contributed by atoms with Crippen LogP contribution >= 0.6 is 0 Å². The molecule has 1 atom stereocenters. The zero-order valence-corrected chi connectivity index (χ0v) is 8.38. The van der Waals surface area contributed by atoms with E-state index in [0.717, 1.165) is 19.3 Å². The van der Waals surface area contributed by atoms with Gasteiger partial charge in [-0.25, -0.2) is 0 Å². The van der Waals surface area contributed by atoms with E-state index in [1.165, 1.54) is 19.3 Å². The van der Waals surface area contributed by atoms with Crippen molar-refractivity contribution in [1.82, 2.24) is 0 Å². The summed E-state index contributed by atoms with van der Waals surface area (Å²) in [5, 5.41) is 0. The first-order valence-electron chi connectivity index (χ1n) is 4.97. The molecule has 0 aliphatic carbocycles. The molecule has 0 aliphatic heterocycles. The van der Waals surface area contributed by atoms with Crippen molar-refractivity contribution >= 4 is 5.91 Å². The minimum atomic E-state index is -0.363. The summed E-state index contributed by atoms with van der Waals surface area (Å²) in [5.41, 5.74) is 5.11. The predicted molar refractivity (Wildman–Crippen MR) is 54.9 cm³/mol. The van der Waals surface area contributed by atoms with Gasteiger partial charge in [-0.3, -0.25) is 4.79 Å². The lowest BCUT2D eigenvalue weighted by atomic mass is 10.0. The molecule has 2 N–H and O–H groups in total. The number of unbranched alkanes of at least 4 members (excludes halogenated alkanes) is 4. The Hall–Kier alpha value is -0.970. The Balaban J connectivity index is 3.41. The van der Waals surface area contributed by atoms with Gasteiger partial charge in [0.25, 0.3) is 0 Å². The van der Waals surface area contributed by atoms with Crippen LogP contribution in [0.15, 0.2) is 0 Å². The van der Waals surface area contributed by atoms with Crippen molar-refractivity contribution in [3.05, 3.63) is 0 Å². The predicted octanol–water partition coefficient (Wildman–Crippen LogP) is 2.08. The van der Waals surface area contributed by atoms with Crippen molar-refractivity contribution in [3.63, 3.8) is 0 Å². The lowest BCUT2D eigenvalue weighted by molar-refractivity contribution is -0.120. The van der Waals surface area contributed by atoms with E-state index in [2.05, 4.69) is 12.8 Å². The monoisotopic (exact) mass is 181 g/mol. The van der Waals surface area contributed by atoms with Crippen LogP contribution in [-0.4, -0.2) is 5.91 Å². The van der Waals surface area contributed by atoms with E-state index in [9.17, 15) is 4.79 Å². The second-order valence-corrected chi connectivity index (χ2v) is 3.32. The van der Waals surface area contributed by atoms with E-state index in [1.54, 1.807) is 0 Å². The van der Waals surface area contributed by atoms with Gasteiger partial charge in [-0.1, -0.05) is 44.9 Å². The number of rotatable bonds is 7. The number of nitrogens with two attached hydrogens (primary N) is 1. The number of amides is 1. The second-order valence-electron chi connectivity index (χ2n) is 3.32. The minimum Gasteiger partial charge on any atom is -0.369 e. The van der Waals surface area contributed by atoms with Crippen LogP contribution in [-0.2, 0) is 4.79 Å². The van der Waals surface area contributed by atoms with E-state index in [1.807, 2.05) is 0 Å². The fourth-order valence-electron chi connectivity index (χ4n) is 1.26. The van der Waals surface area contributed by atoms with E-state index >= 15 is 0 Å². The molecule has 74 valence electrons. The third-order valence-corrected chi connectivity index (χ3v) is 2.14. The molecule has 0 aliphatic rings. The first-order valence-corrected chi connectivity index (χ1v) is 4.97. The SMILES string of the molecule is C#CC(CCCCCCC)C(N)=O. The van der Waals surface area contributed by atoms with Crippen molar-refractivity contribution in [1.29, 1.82) is 0 Å². The van der Waals surface area contributed by atoms with Gasteiger partial charge in [0, 0.05) is 0 Å². The Morgan fingerprint density at radius 3 is 2.46 bits per heavy atom. The Morgan fingerprint density at radius 1 is 1.38 bits per heavy atom. The standard InChI is InChI=1S/C11H19NO/c1-3-5-6-7-8-9-10(4-2)11(12)13/h2,10H,3,5-9H2,1H3,(H2,12,13). The molecule has 0 saturated carbocycles. The molecule has 0 heterocycles. The molecule has 2 nitrogen and oxygen atoms in total. The topological polar surface area (TPSA) is 43.1 Å². The van der Waals surface area contributed by atoms with Crippen LogP contribution in [0.2, 0.25) is 0 Å². The molecule has 1 amide bonds. The van der Waals surface area contributed by atoms with Crippen molar-refractivity contribution in [2.24, 2.45) is 11.7 Å². The molecule has 0 bridgehead atoms. The van der Waals surface area contributed by atoms with Crippen LogP contribution in [0.5, 0.6) is 0 Å². The summed E-state index contributed by atoms with van der Waals surface area (Å²) in [6.07, 6.45) is 11.8. The average Bonchev–Trinajstić information content (AvgIpc) is 2.10. The van der Waals surface area contributed by atoms with E-state index < -0.39 is 0 Å². The molecule has 0 rings (SSSR count). The van der Waals surface area contributed by atoms with Crippen molar-refractivity contribution < 1.29 is 4.79 Å². The summed E-state index contributed by atoms with van der Waals surface area (Å²) in [6.45, 7) is 2.17. The molecule has 0 spiro atoms. The van der Waals surface area contributed by atoms with Crippen molar-refractivity contribution in [2.45, 2.75) is 45.4 Å². The molecule has 1 unspecified atom stereocenters. The normalized spacial score (nSPS) is 12.0. The zero-order valence-electron chi connectivity index (χ0n) is 8.38. The highest BCUT2D eigenvalue weighted by atomic mass is 16.1. The molecule has 0 radical (unpaired) electrons. The van der Waals surface area contributed by atoms with Gasteiger partial charge in [0.1, 0.15) is 0 Å². The number of carbonyl (C=O) groups is 1. The summed E-state index contributed by atoms with van der Waals surface area (Å²) in [5.74, 6) is 1.70. The van der Waals surface area contributed by atoms with Crippen LogP contribution in [0.3, 0.4) is 0 Å². The van der Waals surface area contributed by atoms with Crippen LogP contribution in [0.4, 0.5) is 0 Å². The Labute approximate surface area is 80.9 Å². The molecule has 0 fully saturated rings. The fourth-order valence-corrected chi connectivity index (χ4v) is 1.26. The number of hydrogen-bond donors (Lipinski definition) is 1. The van der Waals surface area contributed by atoms with Gasteiger partial charge in [-0.15, -0.1) is 6.42 Å². The smallest absolute Gasteiger partial charge is 0.232 e. The highest BCUT2D eigenvalue weighted by Gasteiger charge is 2.10. The molecule has 0 aromatic carbocycles. The van der Waals surface area contributed by atoms with Gasteiger partial charge < -0.3 is 5.73 Å². The lowest BCUT2D eigenvalue weighted by Crippen LogP contribution is -2.21. The van der Waals surface area contributed by atoms with Gasteiger partial charge in [0.2, 0.25) is 5.91 Å². The van der Waals surface area contributed by atoms with Gasteiger partial charge >= 0.3 is 0 Å². The van der Waals surface area contributed by atoms with Crippen LogP contribution in [0.1, 0.15) is 45.4 Å². The third kappa shape index (κ3) is 6.21. The summed E-state index contributed by atoms with van der Waals surface area (Å²) in [4.78, 5) is 10.7. The maximum atomic E-state index is 10.7. The highest BCUT2D eigenvalue weighted by molar-refractivity contribution is 5.79. The first-order chi connectivity index (χ1) is 6.22.